The smallest absolute Gasteiger partial charge is 0.0702 e. The highest BCUT2D eigenvalue weighted by Gasteiger charge is 2.42. The van der Waals surface area contributed by atoms with E-state index in [1.54, 1.807) is 6.20 Å². The summed E-state index contributed by atoms with van der Waals surface area (Å²) in [7, 11) is 0. The van der Waals surface area contributed by atoms with E-state index in [9.17, 15) is 0 Å². The van der Waals surface area contributed by atoms with Crippen molar-refractivity contribution >= 4 is 10.9 Å². The zero-order valence-corrected chi connectivity index (χ0v) is 8.98. The second-order valence-electron chi connectivity index (χ2n) is 4.60. The van der Waals surface area contributed by atoms with Gasteiger partial charge in [-0.2, -0.15) is 5.26 Å². The van der Waals surface area contributed by atoms with Crippen LogP contribution in [0.15, 0.2) is 36.5 Å². The molecule has 0 spiro atoms. The minimum absolute atomic E-state index is 0.0596. The van der Waals surface area contributed by atoms with E-state index in [1.165, 1.54) is 5.56 Å². The molecular formula is C14H12N2. The van der Waals surface area contributed by atoms with Gasteiger partial charge in [-0.05, 0) is 43.0 Å². The van der Waals surface area contributed by atoms with Crippen molar-refractivity contribution in [2.75, 3.05) is 0 Å². The molecule has 1 aromatic heterocycles. The second kappa shape index (κ2) is 3.31. The first-order valence-corrected chi connectivity index (χ1v) is 5.56. The Kier molecular flexibility index (Phi) is 1.94. The van der Waals surface area contributed by atoms with E-state index in [0.717, 1.165) is 30.2 Å². The number of hydrogen-bond acceptors (Lipinski definition) is 2. The van der Waals surface area contributed by atoms with Crippen molar-refractivity contribution in [2.24, 2.45) is 5.41 Å². The number of fused-ring (bicyclic) bond motifs is 1. The predicted octanol–water partition coefficient (Wildman–Crippen LogP) is 3.08. The van der Waals surface area contributed by atoms with Crippen LogP contribution in [-0.2, 0) is 6.42 Å². The first-order valence-electron chi connectivity index (χ1n) is 5.56. The normalized spacial score (nSPS) is 16.9. The first kappa shape index (κ1) is 9.35. The molecule has 1 heterocycles. The van der Waals surface area contributed by atoms with Gasteiger partial charge >= 0.3 is 0 Å². The summed E-state index contributed by atoms with van der Waals surface area (Å²) in [5.41, 5.74) is 2.21. The molecule has 0 bridgehead atoms. The van der Waals surface area contributed by atoms with E-state index in [-0.39, 0.29) is 5.41 Å². The molecule has 2 nitrogen and oxygen atoms in total. The van der Waals surface area contributed by atoms with E-state index in [4.69, 9.17) is 5.26 Å². The van der Waals surface area contributed by atoms with Crippen LogP contribution < -0.4 is 0 Å². The van der Waals surface area contributed by atoms with Crippen molar-refractivity contribution in [3.05, 3.63) is 42.1 Å². The van der Waals surface area contributed by atoms with Crippen LogP contribution in [0.3, 0.4) is 0 Å². The molecule has 0 unspecified atom stereocenters. The third kappa shape index (κ3) is 1.55. The molecule has 1 aromatic carbocycles. The van der Waals surface area contributed by atoms with Crippen molar-refractivity contribution in [3.63, 3.8) is 0 Å². The largest absolute Gasteiger partial charge is 0.256 e. The Morgan fingerprint density at radius 1 is 1.31 bits per heavy atom. The zero-order chi connectivity index (χ0) is 11.0. The predicted molar refractivity (Wildman–Crippen MR) is 62.7 cm³/mol. The summed E-state index contributed by atoms with van der Waals surface area (Å²) >= 11 is 0. The molecule has 2 heteroatoms. The summed E-state index contributed by atoms with van der Waals surface area (Å²) in [6, 6.07) is 12.7. The Balaban J connectivity index is 1.97. The van der Waals surface area contributed by atoms with Gasteiger partial charge in [0.25, 0.3) is 0 Å². The van der Waals surface area contributed by atoms with Crippen molar-refractivity contribution in [2.45, 2.75) is 19.3 Å². The number of rotatable bonds is 2. The molecule has 1 aliphatic rings. The molecule has 3 rings (SSSR count). The van der Waals surface area contributed by atoms with E-state index in [1.807, 2.05) is 12.1 Å². The maximum Gasteiger partial charge on any atom is 0.0702 e. The molecule has 0 N–H and O–H groups in total. The van der Waals surface area contributed by atoms with E-state index >= 15 is 0 Å². The van der Waals surface area contributed by atoms with Crippen molar-refractivity contribution in [1.82, 2.24) is 4.98 Å². The highest BCUT2D eigenvalue weighted by molar-refractivity contribution is 5.78. The third-order valence-electron chi connectivity index (χ3n) is 3.30. The lowest BCUT2D eigenvalue weighted by Crippen LogP contribution is -2.01. The fourth-order valence-corrected chi connectivity index (χ4v) is 2.10. The SMILES string of the molecule is N#CC1(Cc2ccc3ncccc3c2)CC1. The Hall–Kier alpha value is -1.88. The van der Waals surface area contributed by atoms with Crippen molar-refractivity contribution in [3.8, 4) is 6.07 Å². The van der Waals surface area contributed by atoms with Crippen LogP contribution in [0.2, 0.25) is 0 Å². The summed E-state index contributed by atoms with van der Waals surface area (Å²) in [5, 5.41) is 10.2. The molecule has 1 aliphatic carbocycles. The summed E-state index contributed by atoms with van der Waals surface area (Å²) in [5.74, 6) is 0. The Morgan fingerprint density at radius 3 is 2.94 bits per heavy atom. The summed E-state index contributed by atoms with van der Waals surface area (Å²) in [6.45, 7) is 0. The lowest BCUT2D eigenvalue weighted by atomic mass is 9.97. The number of nitrogens with zero attached hydrogens (tertiary/aromatic N) is 2. The van der Waals surface area contributed by atoms with Gasteiger partial charge in [0, 0.05) is 11.6 Å². The third-order valence-corrected chi connectivity index (χ3v) is 3.30. The highest BCUT2D eigenvalue weighted by atomic mass is 14.6. The minimum atomic E-state index is -0.0596. The Labute approximate surface area is 94.5 Å². The number of hydrogen-bond donors (Lipinski definition) is 0. The molecule has 78 valence electrons. The maximum atomic E-state index is 9.07. The molecule has 0 radical (unpaired) electrons. The summed E-state index contributed by atoms with van der Waals surface area (Å²) < 4.78 is 0. The molecule has 1 saturated carbocycles. The number of aromatic nitrogens is 1. The monoisotopic (exact) mass is 208 g/mol. The standard InChI is InChI=1S/C14H12N2/c15-10-14(5-6-14)9-11-3-4-13-12(8-11)2-1-7-16-13/h1-4,7-8H,5-6,9H2. The van der Waals surface area contributed by atoms with E-state index in [2.05, 4.69) is 29.3 Å². The fourth-order valence-electron chi connectivity index (χ4n) is 2.10. The topological polar surface area (TPSA) is 36.7 Å². The minimum Gasteiger partial charge on any atom is -0.256 e. The van der Waals surface area contributed by atoms with Gasteiger partial charge in [-0.25, -0.2) is 0 Å². The lowest BCUT2D eigenvalue weighted by molar-refractivity contribution is 0.665. The Bertz CT molecular complexity index is 577. The molecule has 0 saturated heterocycles. The van der Waals surface area contributed by atoms with Gasteiger partial charge < -0.3 is 0 Å². The van der Waals surface area contributed by atoms with Gasteiger partial charge in [0.15, 0.2) is 0 Å². The molecule has 0 atom stereocenters. The van der Waals surface area contributed by atoms with Crippen molar-refractivity contribution in [1.29, 1.82) is 5.26 Å². The number of benzene rings is 1. The van der Waals surface area contributed by atoms with Gasteiger partial charge in [-0.3, -0.25) is 4.98 Å². The quantitative estimate of drug-likeness (QED) is 0.760. The maximum absolute atomic E-state index is 9.07. The molecule has 0 aliphatic heterocycles. The van der Waals surface area contributed by atoms with Crippen LogP contribution >= 0.6 is 0 Å². The highest BCUT2D eigenvalue weighted by Crippen LogP contribution is 2.47. The van der Waals surface area contributed by atoms with Gasteiger partial charge in [0.2, 0.25) is 0 Å². The molecular weight excluding hydrogens is 196 g/mol. The molecule has 0 amide bonds. The molecule has 2 aromatic rings. The number of pyridine rings is 1. The number of nitriles is 1. The zero-order valence-electron chi connectivity index (χ0n) is 8.98. The van der Waals surface area contributed by atoms with E-state index in [0.29, 0.717) is 0 Å². The Morgan fingerprint density at radius 2 is 2.19 bits per heavy atom. The molecule has 1 fully saturated rings. The molecule has 16 heavy (non-hydrogen) atoms. The average Bonchev–Trinajstić information content (AvgIpc) is 3.09. The van der Waals surface area contributed by atoms with E-state index < -0.39 is 0 Å². The van der Waals surface area contributed by atoms with Crippen LogP contribution in [0.5, 0.6) is 0 Å². The van der Waals surface area contributed by atoms with Gasteiger partial charge in [0.05, 0.1) is 17.0 Å². The van der Waals surface area contributed by atoms with Crippen LogP contribution in [-0.4, -0.2) is 4.98 Å². The van der Waals surface area contributed by atoms with Crippen LogP contribution in [0.1, 0.15) is 18.4 Å². The average molecular weight is 208 g/mol. The van der Waals surface area contributed by atoms with Crippen LogP contribution in [0.4, 0.5) is 0 Å². The van der Waals surface area contributed by atoms with Crippen molar-refractivity contribution < 1.29 is 0 Å². The van der Waals surface area contributed by atoms with Crippen LogP contribution in [0.25, 0.3) is 10.9 Å². The summed E-state index contributed by atoms with van der Waals surface area (Å²) in [4.78, 5) is 4.29. The van der Waals surface area contributed by atoms with Gasteiger partial charge in [-0.15, -0.1) is 0 Å². The van der Waals surface area contributed by atoms with Crippen LogP contribution in [0, 0.1) is 16.7 Å². The first-order chi connectivity index (χ1) is 7.81. The second-order valence-corrected chi connectivity index (χ2v) is 4.60. The lowest BCUT2D eigenvalue weighted by Gasteiger charge is -2.06. The van der Waals surface area contributed by atoms with Gasteiger partial charge in [-0.1, -0.05) is 12.1 Å². The summed E-state index contributed by atoms with van der Waals surface area (Å²) in [6.07, 6.45) is 4.79. The fraction of sp³-hybridized carbons (Fsp3) is 0.286. The van der Waals surface area contributed by atoms with Gasteiger partial charge in [0.1, 0.15) is 0 Å².